The van der Waals surface area contributed by atoms with Crippen molar-refractivity contribution in [3.05, 3.63) is 30.3 Å². The molecule has 5 heteroatoms. The summed E-state index contributed by atoms with van der Waals surface area (Å²) in [5.74, 6) is 0.191. The highest BCUT2D eigenvalue weighted by atomic mass is 32.2. The average Bonchev–Trinajstić information content (AvgIpc) is 2.66. The van der Waals surface area contributed by atoms with Crippen LogP contribution in [-0.2, 0) is 10.0 Å². The van der Waals surface area contributed by atoms with Crippen molar-refractivity contribution in [2.75, 3.05) is 0 Å². The Morgan fingerprint density at radius 1 is 1.21 bits per heavy atom. The monoisotopic (exact) mass is 280 g/mol. The van der Waals surface area contributed by atoms with Gasteiger partial charge in [0.05, 0.1) is 10.9 Å². The molecule has 0 radical (unpaired) electrons. The van der Waals surface area contributed by atoms with Gasteiger partial charge in [-0.05, 0) is 18.1 Å². The molecular formula is C14H20N2O2S. The van der Waals surface area contributed by atoms with Crippen molar-refractivity contribution in [1.82, 2.24) is 4.41 Å². The maximum atomic E-state index is 12.6. The Morgan fingerprint density at radius 2 is 1.79 bits per heavy atom. The van der Waals surface area contributed by atoms with E-state index in [1.165, 1.54) is 4.41 Å². The fraction of sp³-hybridized carbons (Fsp3) is 0.500. The maximum absolute atomic E-state index is 12.6. The first-order chi connectivity index (χ1) is 8.77. The van der Waals surface area contributed by atoms with E-state index in [1.807, 2.05) is 27.7 Å². The predicted molar refractivity (Wildman–Crippen MR) is 76.4 cm³/mol. The summed E-state index contributed by atoms with van der Waals surface area (Å²) in [6.07, 6.45) is 1.73. The summed E-state index contributed by atoms with van der Waals surface area (Å²) in [7, 11) is -3.57. The Hall–Kier alpha value is -1.36. The second-order valence-electron chi connectivity index (χ2n) is 5.85. The molecule has 1 aliphatic rings. The summed E-state index contributed by atoms with van der Waals surface area (Å²) < 4.78 is 26.6. The van der Waals surface area contributed by atoms with Crippen LogP contribution in [0.1, 0.15) is 27.7 Å². The van der Waals surface area contributed by atoms with E-state index in [0.29, 0.717) is 0 Å². The lowest BCUT2D eigenvalue weighted by Crippen LogP contribution is -2.44. The number of rotatable bonds is 3. The third-order valence-corrected chi connectivity index (χ3v) is 5.11. The molecule has 0 aromatic heterocycles. The molecule has 0 bridgehead atoms. The molecule has 1 heterocycles. The van der Waals surface area contributed by atoms with Crippen LogP contribution in [0.5, 0.6) is 0 Å². The molecule has 0 saturated carbocycles. The fourth-order valence-corrected chi connectivity index (χ4v) is 4.37. The van der Waals surface area contributed by atoms with Gasteiger partial charge in [-0.1, -0.05) is 45.9 Å². The van der Waals surface area contributed by atoms with Gasteiger partial charge in [0, 0.05) is 11.6 Å². The zero-order valence-electron chi connectivity index (χ0n) is 11.7. The van der Waals surface area contributed by atoms with Gasteiger partial charge in [0.25, 0.3) is 10.0 Å². The highest BCUT2D eigenvalue weighted by molar-refractivity contribution is 7.89. The fourth-order valence-electron chi connectivity index (χ4n) is 2.66. The second kappa shape index (κ2) is 4.63. The van der Waals surface area contributed by atoms with E-state index in [2.05, 4.69) is 5.10 Å². The first-order valence-corrected chi connectivity index (χ1v) is 7.85. The molecule has 1 aromatic carbocycles. The van der Waals surface area contributed by atoms with E-state index in [1.54, 1.807) is 36.5 Å². The summed E-state index contributed by atoms with van der Waals surface area (Å²) in [6.45, 7) is 8.08. The number of hydrogen-bond acceptors (Lipinski definition) is 3. The minimum absolute atomic E-state index is 0.155. The molecule has 0 aliphatic carbocycles. The van der Waals surface area contributed by atoms with Crippen molar-refractivity contribution in [2.24, 2.45) is 16.4 Å². The molecule has 104 valence electrons. The normalized spacial score (nSPS) is 22.2. The molecule has 1 atom stereocenters. The smallest absolute Gasteiger partial charge is 0.200 e. The van der Waals surface area contributed by atoms with E-state index < -0.39 is 10.0 Å². The van der Waals surface area contributed by atoms with Gasteiger partial charge in [0.2, 0.25) is 0 Å². The highest BCUT2D eigenvalue weighted by Gasteiger charge is 2.45. The maximum Gasteiger partial charge on any atom is 0.279 e. The van der Waals surface area contributed by atoms with Crippen LogP contribution < -0.4 is 0 Å². The van der Waals surface area contributed by atoms with Crippen LogP contribution in [0.3, 0.4) is 0 Å². The summed E-state index contributed by atoms with van der Waals surface area (Å²) in [6, 6.07) is 8.31. The van der Waals surface area contributed by atoms with Crippen LogP contribution in [0.25, 0.3) is 0 Å². The SMILES string of the molecule is CC(C)[C@H]1N(S(=O)(=O)c2ccccc2)N=CC1(C)C. The molecule has 1 aromatic rings. The van der Waals surface area contributed by atoms with E-state index in [9.17, 15) is 8.42 Å². The Labute approximate surface area is 115 Å². The van der Waals surface area contributed by atoms with Gasteiger partial charge in [0.1, 0.15) is 0 Å². The van der Waals surface area contributed by atoms with Crippen molar-refractivity contribution >= 4 is 16.2 Å². The quantitative estimate of drug-likeness (QED) is 0.854. The largest absolute Gasteiger partial charge is 0.279 e. The molecule has 0 N–H and O–H groups in total. The topological polar surface area (TPSA) is 49.7 Å². The van der Waals surface area contributed by atoms with Gasteiger partial charge < -0.3 is 0 Å². The summed E-state index contributed by atoms with van der Waals surface area (Å²) >= 11 is 0. The van der Waals surface area contributed by atoms with Gasteiger partial charge in [0.15, 0.2) is 0 Å². The molecule has 0 fully saturated rings. The standard InChI is InChI=1S/C14H20N2O2S/c1-11(2)13-14(3,4)10-15-16(13)19(17,18)12-8-6-5-7-9-12/h5-11,13H,1-4H3/t13-/m1/s1. The zero-order chi connectivity index (χ0) is 14.3. The summed E-state index contributed by atoms with van der Waals surface area (Å²) in [5.41, 5.74) is -0.254. The molecule has 0 amide bonds. The third-order valence-electron chi connectivity index (χ3n) is 3.42. The number of sulfonamides is 1. The number of benzene rings is 1. The van der Waals surface area contributed by atoms with Crippen LogP contribution in [0.15, 0.2) is 40.3 Å². The molecule has 0 spiro atoms. The molecule has 4 nitrogen and oxygen atoms in total. The molecule has 2 rings (SSSR count). The second-order valence-corrected chi connectivity index (χ2v) is 7.64. The lowest BCUT2D eigenvalue weighted by atomic mass is 9.81. The highest BCUT2D eigenvalue weighted by Crippen LogP contribution is 2.37. The Kier molecular flexibility index (Phi) is 3.43. The van der Waals surface area contributed by atoms with E-state index in [-0.39, 0.29) is 22.3 Å². The Bertz CT molecular complexity index is 577. The number of hydrazone groups is 1. The van der Waals surface area contributed by atoms with Gasteiger partial charge >= 0.3 is 0 Å². The van der Waals surface area contributed by atoms with Crippen molar-refractivity contribution in [3.63, 3.8) is 0 Å². The minimum atomic E-state index is -3.57. The molecule has 0 unspecified atom stereocenters. The van der Waals surface area contributed by atoms with E-state index >= 15 is 0 Å². The van der Waals surface area contributed by atoms with Crippen molar-refractivity contribution in [2.45, 2.75) is 38.6 Å². The van der Waals surface area contributed by atoms with Crippen molar-refractivity contribution in [3.8, 4) is 0 Å². The Balaban J connectivity index is 2.45. The molecule has 19 heavy (non-hydrogen) atoms. The van der Waals surface area contributed by atoms with Crippen LogP contribution in [0.2, 0.25) is 0 Å². The number of nitrogens with zero attached hydrogens (tertiary/aromatic N) is 2. The van der Waals surface area contributed by atoms with E-state index in [4.69, 9.17) is 0 Å². The van der Waals surface area contributed by atoms with Crippen LogP contribution >= 0.6 is 0 Å². The lowest BCUT2D eigenvalue weighted by molar-refractivity contribution is 0.203. The Morgan fingerprint density at radius 3 is 2.32 bits per heavy atom. The van der Waals surface area contributed by atoms with E-state index in [0.717, 1.165) is 0 Å². The minimum Gasteiger partial charge on any atom is -0.200 e. The van der Waals surface area contributed by atoms with Crippen molar-refractivity contribution < 1.29 is 8.42 Å². The number of hydrogen-bond donors (Lipinski definition) is 0. The van der Waals surface area contributed by atoms with Crippen molar-refractivity contribution in [1.29, 1.82) is 0 Å². The zero-order valence-corrected chi connectivity index (χ0v) is 12.6. The van der Waals surface area contributed by atoms with Gasteiger partial charge in [-0.2, -0.15) is 17.9 Å². The van der Waals surface area contributed by atoms with Gasteiger partial charge in [-0.3, -0.25) is 0 Å². The molecular weight excluding hydrogens is 260 g/mol. The van der Waals surface area contributed by atoms with Crippen LogP contribution in [-0.4, -0.2) is 25.1 Å². The van der Waals surface area contributed by atoms with Crippen LogP contribution in [0, 0.1) is 11.3 Å². The van der Waals surface area contributed by atoms with Crippen LogP contribution in [0.4, 0.5) is 0 Å². The molecule has 1 aliphatic heterocycles. The predicted octanol–water partition coefficient (Wildman–Crippen LogP) is 2.73. The summed E-state index contributed by atoms with van der Waals surface area (Å²) in [4.78, 5) is 0.288. The lowest BCUT2D eigenvalue weighted by Gasteiger charge is -2.34. The van der Waals surface area contributed by atoms with Gasteiger partial charge in [-0.15, -0.1) is 0 Å². The van der Waals surface area contributed by atoms with Gasteiger partial charge in [-0.25, -0.2) is 0 Å². The first kappa shape index (κ1) is 14.1. The first-order valence-electron chi connectivity index (χ1n) is 6.41. The third kappa shape index (κ3) is 2.39. The molecule has 0 saturated heterocycles. The average molecular weight is 280 g/mol. The summed E-state index contributed by atoms with van der Waals surface area (Å²) in [5, 5.41) is 4.16.